The third-order valence-electron chi connectivity index (χ3n) is 5.25. The van der Waals surface area contributed by atoms with Crippen LogP contribution < -0.4 is 9.80 Å². The highest BCUT2D eigenvalue weighted by molar-refractivity contribution is 6.06. The van der Waals surface area contributed by atoms with Crippen molar-refractivity contribution in [3.8, 4) is 0 Å². The molecule has 1 saturated heterocycles. The number of amides is 2. The molecule has 0 aliphatic carbocycles. The first kappa shape index (κ1) is 17.5. The Bertz CT molecular complexity index is 833. The Morgan fingerprint density at radius 1 is 1.00 bits per heavy atom. The molecule has 1 unspecified atom stereocenters. The van der Waals surface area contributed by atoms with Gasteiger partial charge >= 0.3 is 0 Å². The molecule has 2 aliphatic heterocycles. The van der Waals surface area contributed by atoms with E-state index in [0.29, 0.717) is 32.1 Å². The first-order chi connectivity index (χ1) is 13.1. The molecule has 2 amide bonds. The third-order valence-corrected chi connectivity index (χ3v) is 5.25. The predicted octanol–water partition coefficient (Wildman–Crippen LogP) is 1.49. The van der Waals surface area contributed by atoms with Crippen LogP contribution in [-0.4, -0.2) is 58.9 Å². The number of anilines is 2. The second kappa shape index (κ2) is 7.34. The van der Waals surface area contributed by atoms with E-state index in [-0.39, 0.29) is 24.3 Å². The van der Waals surface area contributed by atoms with Gasteiger partial charge in [-0.1, -0.05) is 18.2 Å². The Balaban J connectivity index is 1.35. The summed E-state index contributed by atoms with van der Waals surface area (Å²) in [4.78, 5) is 39.6. The van der Waals surface area contributed by atoms with Gasteiger partial charge in [0.05, 0.1) is 0 Å². The van der Waals surface area contributed by atoms with Crippen LogP contribution in [0.25, 0.3) is 0 Å². The fourth-order valence-corrected chi connectivity index (χ4v) is 3.88. The van der Waals surface area contributed by atoms with Gasteiger partial charge in [-0.15, -0.1) is 0 Å². The molecule has 0 saturated carbocycles. The molecule has 27 heavy (non-hydrogen) atoms. The predicted molar refractivity (Wildman–Crippen MR) is 103 cm³/mol. The lowest BCUT2D eigenvalue weighted by Crippen LogP contribution is -2.50. The van der Waals surface area contributed by atoms with Crippen molar-refractivity contribution in [1.29, 1.82) is 0 Å². The molecule has 2 aromatic rings. The Hall–Kier alpha value is -2.96. The highest BCUT2D eigenvalue weighted by Crippen LogP contribution is 2.32. The fraction of sp³-hybridized carbons (Fsp3) is 0.400. The number of benzene rings is 1. The number of aromatic nitrogens is 2. The number of rotatable bonds is 3. The van der Waals surface area contributed by atoms with Gasteiger partial charge in [0, 0.05) is 50.3 Å². The summed E-state index contributed by atoms with van der Waals surface area (Å²) in [6.45, 7) is 4.54. The van der Waals surface area contributed by atoms with E-state index >= 15 is 0 Å². The maximum absolute atomic E-state index is 12.8. The minimum absolute atomic E-state index is 0.0828. The van der Waals surface area contributed by atoms with Crippen LogP contribution in [0.2, 0.25) is 0 Å². The largest absolute Gasteiger partial charge is 0.339 e. The van der Waals surface area contributed by atoms with Gasteiger partial charge in [-0.25, -0.2) is 9.97 Å². The molecule has 7 heteroatoms. The third kappa shape index (κ3) is 3.49. The lowest BCUT2D eigenvalue weighted by molar-refractivity contribution is -0.135. The zero-order valence-corrected chi connectivity index (χ0v) is 15.4. The van der Waals surface area contributed by atoms with Crippen molar-refractivity contribution in [2.75, 3.05) is 36.0 Å². The van der Waals surface area contributed by atoms with E-state index in [1.165, 1.54) is 5.56 Å². The van der Waals surface area contributed by atoms with E-state index in [4.69, 9.17) is 0 Å². The van der Waals surface area contributed by atoms with E-state index in [2.05, 4.69) is 14.9 Å². The van der Waals surface area contributed by atoms with Crippen molar-refractivity contribution in [3.05, 3.63) is 48.3 Å². The molecule has 0 N–H and O–H groups in total. The molecular formula is C20H23N5O2. The summed E-state index contributed by atoms with van der Waals surface area (Å²) in [6.07, 6.45) is 4.19. The van der Waals surface area contributed by atoms with E-state index < -0.39 is 0 Å². The molecular weight excluding hydrogens is 342 g/mol. The van der Waals surface area contributed by atoms with Crippen molar-refractivity contribution in [1.82, 2.24) is 14.9 Å². The molecule has 1 atom stereocenters. The lowest BCUT2D eigenvalue weighted by Gasteiger charge is -2.35. The quantitative estimate of drug-likeness (QED) is 0.771. The molecule has 2 aliphatic rings. The van der Waals surface area contributed by atoms with Gasteiger partial charge in [-0.2, -0.15) is 0 Å². The summed E-state index contributed by atoms with van der Waals surface area (Å²) in [5.74, 6) is 0.458. The highest BCUT2D eigenvalue weighted by atomic mass is 16.2. The minimum atomic E-state index is -0.119. The Kier molecular flexibility index (Phi) is 4.75. The zero-order chi connectivity index (χ0) is 18.8. The maximum atomic E-state index is 12.8. The summed E-state index contributed by atoms with van der Waals surface area (Å²) in [6, 6.07) is 9.80. The standard InChI is InChI=1S/C20H23N5O2/c1-15-13-16-5-2-3-6-17(16)25(15)19(27)14-18(26)23-9-11-24(12-10-23)20-21-7-4-8-22-20/h2-8,15H,9-14H2,1H3. The SMILES string of the molecule is CC1Cc2ccccc2N1C(=O)CC(=O)N1CCN(c2ncccn2)CC1. The van der Waals surface area contributed by atoms with Gasteiger partial charge in [0.25, 0.3) is 0 Å². The van der Waals surface area contributed by atoms with Crippen LogP contribution in [-0.2, 0) is 16.0 Å². The van der Waals surface area contributed by atoms with Crippen LogP contribution in [0.3, 0.4) is 0 Å². The van der Waals surface area contributed by atoms with Crippen LogP contribution in [0.1, 0.15) is 18.9 Å². The molecule has 4 rings (SSSR count). The van der Waals surface area contributed by atoms with Crippen molar-refractivity contribution >= 4 is 23.5 Å². The summed E-state index contributed by atoms with van der Waals surface area (Å²) in [7, 11) is 0. The molecule has 3 heterocycles. The number of carbonyl (C=O) groups is 2. The molecule has 1 aromatic heterocycles. The van der Waals surface area contributed by atoms with E-state index in [9.17, 15) is 9.59 Å². The average molecular weight is 365 g/mol. The van der Waals surface area contributed by atoms with Gasteiger partial charge in [0.1, 0.15) is 6.42 Å². The van der Waals surface area contributed by atoms with Crippen LogP contribution >= 0.6 is 0 Å². The van der Waals surface area contributed by atoms with E-state index in [0.717, 1.165) is 12.1 Å². The minimum Gasteiger partial charge on any atom is -0.339 e. The van der Waals surface area contributed by atoms with Gasteiger partial charge < -0.3 is 14.7 Å². The normalized spacial score (nSPS) is 19.1. The van der Waals surface area contributed by atoms with Gasteiger partial charge in [-0.05, 0) is 31.0 Å². The molecule has 0 bridgehead atoms. The molecule has 140 valence electrons. The summed E-state index contributed by atoms with van der Waals surface area (Å²) < 4.78 is 0. The van der Waals surface area contributed by atoms with E-state index in [1.54, 1.807) is 28.3 Å². The molecule has 1 fully saturated rings. The number of carbonyl (C=O) groups excluding carboxylic acids is 2. The topological polar surface area (TPSA) is 69.6 Å². The first-order valence-electron chi connectivity index (χ1n) is 9.33. The second-order valence-corrected chi connectivity index (χ2v) is 7.04. The van der Waals surface area contributed by atoms with Gasteiger partial charge in [0.15, 0.2) is 0 Å². The van der Waals surface area contributed by atoms with Gasteiger partial charge in [0.2, 0.25) is 17.8 Å². The number of para-hydroxylation sites is 1. The van der Waals surface area contributed by atoms with Gasteiger partial charge in [-0.3, -0.25) is 9.59 Å². The number of nitrogens with zero attached hydrogens (tertiary/aromatic N) is 5. The van der Waals surface area contributed by atoms with Crippen molar-refractivity contribution in [2.45, 2.75) is 25.8 Å². The van der Waals surface area contributed by atoms with Crippen LogP contribution in [0.4, 0.5) is 11.6 Å². The van der Waals surface area contributed by atoms with Crippen LogP contribution in [0.5, 0.6) is 0 Å². The lowest BCUT2D eigenvalue weighted by atomic mass is 10.1. The van der Waals surface area contributed by atoms with Crippen molar-refractivity contribution in [3.63, 3.8) is 0 Å². The average Bonchev–Trinajstić information content (AvgIpc) is 3.04. The summed E-state index contributed by atoms with van der Waals surface area (Å²) in [5.41, 5.74) is 2.11. The molecule has 0 spiro atoms. The zero-order valence-electron chi connectivity index (χ0n) is 15.4. The fourth-order valence-electron chi connectivity index (χ4n) is 3.88. The highest BCUT2D eigenvalue weighted by Gasteiger charge is 2.33. The van der Waals surface area contributed by atoms with E-state index in [1.807, 2.05) is 31.2 Å². The smallest absolute Gasteiger partial charge is 0.236 e. The molecule has 7 nitrogen and oxygen atoms in total. The molecule has 0 radical (unpaired) electrons. The Morgan fingerprint density at radius 2 is 1.70 bits per heavy atom. The number of fused-ring (bicyclic) bond motifs is 1. The van der Waals surface area contributed by atoms with Crippen molar-refractivity contribution in [2.24, 2.45) is 0 Å². The molecule has 1 aromatic carbocycles. The Labute approximate surface area is 158 Å². The summed E-state index contributed by atoms with van der Waals surface area (Å²) in [5, 5.41) is 0. The second-order valence-electron chi connectivity index (χ2n) is 7.04. The number of hydrogen-bond acceptors (Lipinski definition) is 5. The monoisotopic (exact) mass is 365 g/mol. The first-order valence-corrected chi connectivity index (χ1v) is 9.33. The summed E-state index contributed by atoms with van der Waals surface area (Å²) >= 11 is 0. The van der Waals surface area contributed by atoms with Crippen LogP contribution in [0.15, 0.2) is 42.7 Å². The van der Waals surface area contributed by atoms with Crippen LogP contribution in [0, 0.1) is 0 Å². The number of piperazine rings is 1. The number of hydrogen-bond donors (Lipinski definition) is 0. The van der Waals surface area contributed by atoms with Crippen molar-refractivity contribution < 1.29 is 9.59 Å². The maximum Gasteiger partial charge on any atom is 0.236 e. The Morgan fingerprint density at radius 3 is 2.44 bits per heavy atom.